The number of imide groups is 1. The van der Waals surface area contributed by atoms with Crippen molar-refractivity contribution in [3.8, 4) is 5.69 Å². The molecule has 0 spiro atoms. The van der Waals surface area contributed by atoms with Crippen LogP contribution in [0.1, 0.15) is 38.1 Å². The van der Waals surface area contributed by atoms with Gasteiger partial charge in [-0.15, -0.1) is 10.2 Å². The third kappa shape index (κ3) is 5.33. The summed E-state index contributed by atoms with van der Waals surface area (Å²) in [5, 5.41) is 13.7. The molecule has 1 atom stereocenters. The van der Waals surface area contributed by atoms with Gasteiger partial charge in [0.05, 0.1) is 11.8 Å². The van der Waals surface area contributed by atoms with Crippen LogP contribution in [0.3, 0.4) is 0 Å². The molecule has 2 aromatic rings. The number of likely N-dealkylation sites (tertiary alicyclic amines) is 1. The van der Waals surface area contributed by atoms with Crippen LogP contribution in [0.4, 0.5) is 9.18 Å². The first-order valence-electron chi connectivity index (χ1n) is 9.59. The predicted molar refractivity (Wildman–Crippen MR) is 108 cm³/mol. The Morgan fingerprint density at radius 1 is 1.17 bits per heavy atom. The number of hydrogen-bond donors (Lipinski definition) is 2. The van der Waals surface area contributed by atoms with Gasteiger partial charge >= 0.3 is 6.03 Å². The zero-order valence-electron chi connectivity index (χ0n) is 16.5. The van der Waals surface area contributed by atoms with E-state index >= 15 is 0 Å². The Morgan fingerprint density at radius 3 is 2.52 bits per heavy atom. The van der Waals surface area contributed by atoms with Gasteiger partial charge in [-0.25, -0.2) is 9.18 Å². The lowest BCUT2D eigenvalue weighted by atomic mass is 10.1. The van der Waals surface area contributed by atoms with Crippen LogP contribution in [0.2, 0.25) is 0 Å². The molecule has 3 amide bonds. The molecular weight excluding hydrogens is 395 g/mol. The summed E-state index contributed by atoms with van der Waals surface area (Å²) >= 11 is 1.18. The summed E-state index contributed by atoms with van der Waals surface area (Å²) in [5.74, 6) is -0.0156. The smallest absolute Gasteiger partial charge is 0.321 e. The highest BCUT2D eigenvalue weighted by Gasteiger charge is 2.26. The molecule has 0 bridgehead atoms. The second-order valence-corrected chi connectivity index (χ2v) is 7.78. The normalized spacial score (nSPS) is 15.7. The summed E-state index contributed by atoms with van der Waals surface area (Å²) in [6.45, 7) is 4.07. The maximum atomic E-state index is 13.4. The van der Waals surface area contributed by atoms with Crippen LogP contribution in [0.15, 0.2) is 29.4 Å². The molecule has 156 valence electrons. The molecule has 0 saturated carbocycles. The van der Waals surface area contributed by atoms with Gasteiger partial charge in [0.2, 0.25) is 5.91 Å². The highest BCUT2D eigenvalue weighted by Crippen LogP contribution is 2.29. The van der Waals surface area contributed by atoms with E-state index in [-0.39, 0.29) is 17.6 Å². The zero-order valence-corrected chi connectivity index (χ0v) is 17.3. The fourth-order valence-electron chi connectivity index (χ4n) is 3.30. The molecule has 1 aliphatic rings. The van der Waals surface area contributed by atoms with Crippen molar-refractivity contribution in [2.75, 3.05) is 25.9 Å². The molecule has 29 heavy (non-hydrogen) atoms. The van der Waals surface area contributed by atoms with Crippen molar-refractivity contribution >= 4 is 23.7 Å². The number of hydrogen-bond acceptors (Lipinski definition) is 6. The predicted octanol–water partition coefficient (Wildman–Crippen LogP) is 2.50. The number of nitrogens with zero attached hydrogens (tertiary/aromatic N) is 4. The fraction of sp³-hybridized carbons (Fsp3) is 0.474. The van der Waals surface area contributed by atoms with Gasteiger partial charge in [-0.2, -0.15) is 0 Å². The van der Waals surface area contributed by atoms with Gasteiger partial charge < -0.3 is 5.32 Å². The van der Waals surface area contributed by atoms with Crippen molar-refractivity contribution in [3.05, 3.63) is 35.9 Å². The Morgan fingerprint density at radius 2 is 1.86 bits per heavy atom. The van der Waals surface area contributed by atoms with Crippen LogP contribution in [0.25, 0.3) is 5.69 Å². The summed E-state index contributed by atoms with van der Waals surface area (Å²) in [6, 6.07) is 5.57. The Kier molecular flexibility index (Phi) is 7.21. The van der Waals surface area contributed by atoms with Gasteiger partial charge in [0, 0.05) is 12.7 Å². The van der Waals surface area contributed by atoms with Gasteiger partial charge in [-0.1, -0.05) is 18.2 Å². The van der Waals surface area contributed by atoms with E-state index < -0.39 is 11.9 Å². The van der Waals surface area contributed by atoms with E-state index in [1.54, 1.807) is 12.1 Å². The number of amides is 3. The summed E-state index contributed by atoms with van der Waals surface area (Å²) in [4.78, 5) is 25.6. The molecule has 3 rings (SSSR count). The first kappa shape index (κ1) is 21.3. The van der Waals surface area contributed by atoms with Crippen LogP contribution < -0.4 is 10.6 Å². The highest BCUT2D eigenvalue weighted by atomic mass is 32.2. The molecule has 1 aliphatic heterocycles. The second kappa shape index (κ2) is 9.84. The number of urea groups is 1. The van der Waals surface area contributed by atoms with Crippen molar-refractivity contribution in [1.82, 2.24) is 30.3 Å². The standard InChI is InChI=1S/C19H25FN6O2S/c1-13(25-10-4-3-5-11-25)17-23-24-19(29-12-16(27)22-18(28)21-2)26(17)15-8-6-14(20)7-9-15/h6-9,13H,3-5,10-12H2,1-2H3,(H2,21,22,27,28). The Bertz CT molecular complexity index is 851. The van der Waals surface area contributed by atoms with Gasteiger partial charge in [0.15, 0.2) is 11.0 Å². The highest BCUT2D eigenvalue weighted by molar-refractivity contribution is 7.99. The molecule has 1 unspecified atom stereocenters. The topological polar surface area (TPSA) is 92.2 Å². The number of carbonyl (C=O) groups excluding carboxylic acids is 2. The summed E-state index contributed by atoms with van der Waals surface area (Å²) < 4.78 is 15.3. The largest absolute Gasteiger partial charge is 0.341 e. The minimum Gasteiger partial charge on any atom is -0.341 e. The lowest BCUT2D eigenvalue weighted by molar-refractivity contribution is -0.117. The van der Waals surface area contributed by atoms with E-state index in [0.717, 1.165) is 37.4 Å². The van der Waals surface area contributed by atoms with Gasteiger partial charge in [0.1, 0.15) is 5.82 Å². The lowest BCUT2D eigenvalue weighted by Gasteiger charge is -2.31. The number of piperidine rings is 1. The Balaban J connectivity index is 1.85. The molecule has 1 aromatic heterocycles. The molecule has 2 N–H and O–H groups in total. The van der Waals surface area contributed by atoms with E-state index in [9.17, 15) is 14.0 Å². The van der Waals surface area contributed by atoms with E-state index in [0.29, 0.717) is 5.16 Å². The van der Waals surface area contributed by atoms with Crippen LogP contribution in [0, 0.1) is 5.82 Å². The van der Waals surface area contributed by atoms with Crippen molar-refractivity contribution in [2.24, 2.45) is 0 Å². The maximum Gasteiger partial charge on any atom is 0.321 e. The van der Waals surface area contributed by atoms with Crippen LogP contribution in [-0.2, 0) is 4.79 Å². The molecular formula is C19H25FN6O2S. The van der Waals surface area contributed by atoms with Crippen molar-refractivity contribution in [1.29, 1.82) is 0 Å². The quantitative estimate of drug-likeness (QED) is 0.698. The Labute approximate surface area is 173 Å². The number of aromatic nitrogens is 3. The molecule has 10 heteroatoms. The number of benzene rings is 1. The van der Waals surface area contributed by atoms with Crippen LogP contribution in [-0.4, -0.2) is 57.5 Å². The van der Waals surface area contributed by atoms with Gasteiger partial charge in [0.25, 0.3) is 0 Å². The minimum absolute atomic E-state index is 0.00480. The van der Waals surface area contributed by atoms with E-state index in [1.807, 2.05) is 4.57 Å². The van der Waals surface area contributed by atoms with Gasteiger partial charge in [-0.05, 0) is 57.1 Å². The van der Waals surface area contributed by atoms with E-state index in [4.69, 9.17) is 0 Å². The Hall–Kier alpha value is -2.46. The average molecular weight is 421 g/mol. The van der Waals surface area contributed by atoms with Crippen LogP contribution >= 0.6 is 11.8 Å². The van der Waals surface area contributed by atoms with E-state index in [2.05, 4.69) is 32.7 Å². The molecule has 1 saturated heterocycles. The SMILES string of the molecule is CNC(=O)NC(=O)CSc1nnc(C(C)N2CCCCC2)n1-c1ccc(F)cc1. The van der Waals surface area contributed by atoms with Crippen LogP contribution in [0.5, 0.6) is 0 Å². The number of rotatable bonds is 6. The van der Waals surface area contributed by atoms with Crippen molar-refractivity contribution < 1.29 is 14.0 Å². The maximum absolute atomic E-state index is 13.4. The fourth-order valence-corrected chi connectivity index (χ4v) is 4.06. The summed E-state index contributed by atoms with van der Waals surface area (Å²) in [6.07, 6.45) is 3.53. The van der Waals surface area contributed by atoms with Gasteiger partial charge in [-0.3, -0.25) is 19.6 Å². The average Bonchev–Trinajstić information content (AvgIpc) is 3.16. The molecule has 0 radical (unpaired) electrons. The third-order valence-electron chi connectivity index (χ3n) is 4.87. The summed E-state index contributed by atoms with van der Waals surface area (Å²) in [7, 11) is 1.44. The first-order chi connectivity index (χ1) is 14.0. The van der Waals surface area contributed by atoms with Crippen molar-refractivity contribution in [2.45, 2.75) is 37.4 Å². The van der Waals surface area contributed by atoms with Crippen molar-refractivity contribution in [3.63, 3.8) is 0 Å². The molecule has 8 nitrogen and oxygen atoms in total. The lowest BCUT2D eigenvalue weighted by Crippen LogP contribution is -2.38. The molecule has 1 aromatic carbocycles. The minimum atomic E-state index is -0.560. The number of carbonyl (C=O) groups is 2. The third-order valence-corrected chi connectivity index (χ3v) is 5.80. The first-order valence-corrected chi connectivity index (χ1v) is 10.6. The molecule has 0 aliphatic carbocycles. The second-order valence-electron chi connectivity index (χ2n) is 6.84. The number of halogens is 1. The number of thioether (sulfide) groups is 1. The summed E-state index contributed by atoms with van der Waals surface area (Å²) in [5.41, 5.74) is 0.726. The zero-order chi connectivity index (χ0) is 20.8. The monoisotopic (exact) mass is 420 g/mol. The van der Waals surface area contributed by atoms with E-state index in [1.165, 1.54) is 37.4 Å². The number of nitrogens with one attached hydrogen (secondary N) is 2. The molecule has 2 heterocycles. The molecule has 1 fully saturated rings.